The van der Waals surface area contributed by atoms with Crippen LogP contribution in [0, 0.1) is 16.0 Å². The van der Waals surface area contributed by atoms with Crippen molar-refractivity contribution in [1.82, 2.24) is 14.9 Å². The number of ether oxygens (including phenoxy) is 1. The fraction of sp³-hybridized carbons (Fsp3) is 0.500. The number of anilines is 1. The molecule has 3 aliphatic rings. The van der Waals surface area contributed by atoms with Crippen molar-refractivity contribution in [3.8, 4) is 0 Å². The van der Waals surface area contributed by atoms with Crippen LogP contribution in [0.1, 0.15) is 27.2 Å². The summed E-state index contributed by atoms with van der Waals surface area (Å²) in [6.45, 7) is 5.85. The van der Waals surface area contributed by atoms with Crippen molar-refractivity contribution in [2.45, 2.75) is 44.9 Å². The minimum Gasteiger partial charge on any atom is -0.444 e. The van der Waals surface area contributed by atoms with Gasteiger partial charge in [0, 0.05) is 12.5 Å². The molecule has 1 aliphatic carbocycles. The number of carbonyl (C=O) groups excluding carboxylic acids is 1. The van der Waals surface area contributed by atoms with E-state index in [0.29, 0.717) is 6.54 Å². The molecule has 31 heavy (non-hydrogen) atoms. The second kappa shape index (κ2) is 7.65. The van der Waals surface area contributed by atoms with E-state index in [1.54, 1.807) is 25.7 Å². The standard InChI is InChI=1S/C18H17Cl4N5O4/c1-18(2,3)31-17(28)26-5-6-4-7(26)10(6)23-13-12-11(8(19)9(20)15(21)25-12)24-16(22)14(13)27(29)30/h6-7,10H,4-5H2,1-3H3,(H,23,24). The number of rotatable bonds is 3. The van der Waals surface area contributed by atoms with Gasteiger partial charge in [-0.15, -0.1) is 0 Å². The predicted molar refractivity (Wildman–Crippen MR) is 118 cm³/mol. The fourth-order valence-electron chi connectivity index (χ4n) is 3.97. The zero-order valence-electron chi connectivity index (χ0n) is 16.6. The maximum absolute atomic E-state index is 12.5. The van der Waals surface area contributed by atoms with Gasteiger partial charge in [-0.05, 0) is 27.2 Å². The average molecular weight is 509 g/mol. The molecule has 5 rings (SSSR count). The number of halogens is 4. The van der Waals surface area contributed by atoms with E-state index in [1.165, 1.54) is 0 Å². The maximum Gasteiger partial charge on any atom is 0.410 e. The lowest BCUT2D eigenvalue weighted by Crippen LogP contribution is -2.50. The number of nitrogens with one attached hydrogen (secondary N) is 1. The van der Waals surface area contributed by atoms with E-state index < -0.39 is 22.3 Å². The van der Waals surface area contributed by atoms with Crippen LogP contribution >= 0.6 is 46.4 Å². The van der Waals surface area contributed by atoms with Crippen LogP contribution in [0.3, 0.4) is 0 Å². The molecule has 1 amide bonds. The lowest BCUT2D eigenvalue weighted by Gasteiger charge is -2.37. The highest BCUT2D eigenvalue weighted by Gasteiger charge is 2.55. The first-order chi connectivity index (χ1) is 14.4. The van der Waals surface area contributed by atoms with Crippen LogP contribution in [-0.4, -0.2) is 50.1 Å². The topological polar surface area (TPSA) is 110 Å². The molecule has 2 aromatic heterocycles. The lowest BCUT2D eigenvalue weighted by atomic mass is 9.80. The highest BCUT2D eigenvalue weighted by molar-refractivity contribution is 6.50. The Labute approximate surface area is 197 Å². The van der Waals surface area contributed by atoms with Crippen molar-refractivity contribution in [3.05, 3.63) is 30.5 Å². The number of hydrogen-bond donors (Lipinski definition) is 1. The number of aromatic nitrogens is 2. The SMILES string of the molecule is CC(C)(C)OC(=O)N1CC2CC1C2Nc1c([N+](=O)[O-])c(Cl)nc2c(Cl)c(Cl)c(Cl)nc12. The van der Waals surface area contributed by atoms with Gasteiger partial charge in [0.1, 0.15) is 27.5 Å². The molecule has 0 radical (unpaired) electrons. The summed E-state index contributed by atoms with van der Waals surface area (Å²) in [7, 11) is 0. The van der Waals surface area contributed by atoms with Gasteiger partial charge < -0.3 is 15.0 Å². The van der Waals surface area contributed by atoms with E-state index in [0.717, 1.165) is 6.42 Å². The number of amides is 1. The van der Waals surface area contributed by atoms with Crippen LogP contribution in [0.15, 0.2) is 0 Å². The Balaban J connectivity index is 1.73. The van der Waals surface area contributed by atoms with Gasteiger partial charge in [0.15, 0.2) is 0 Å². The predicted octanol–water partition coefficient (Wildman–Crippen LogP) is 5.57. The molecule has 9 nitrogen and oxygen atoms in total. The normalized spacial score (nSPS) is 22.4. The molecule has 3 fully saturated rings. The first-order valence-electron chi connectivity index (χ1n) is 9.33. The Kier molecular flexibility index (Phi) is 5.53. The minimum absolute atomic E-state index is 0.0107. The molecule has 2 bridgehead atoms. The van der Waals surface area contributed by atoms with Crippen molar-refractivity contribution < 1.29 is 14.5 Å². The van der Waals surface area contributed by atoms with Gasteiger partial charge in [-0.2, -0.15) is 0 Å². The number of pyridine rings is 2. The number of fused-ring (bicyclic) bond motifs is 2. The summed E-state index contributed by atoms with van der Waals surface area (Å²) < 4.78 is 5.47. The molecule has 2 aromatic rings. The van der Waals surface area contributed by atoms with E-state index in [1.807, 2.05) is 0 Å². The van der Waals surface area contributed by atoms with Gasteiger partial charge in [-0.1, -0.05) is 46.4 Å². The Morgan fingerprint density at radius 3 is 2.42 bits per heavy atom. The Bertz CT molecular complexity index is 1120. The largest absolute Gasteiger partial charge is 0.444 e. The second-order valence-electron chi connectivity index (χ2n) is 8.48. The van der Waals surface area contributed by atoms with Crippen LogP contribution in [0.4, 0.5) is 16.2 Å². The summed E-state index contributed by atoms with van der Waals surface area (Å²) in [4.78, 5) is 33.4. The smallest absolute Gasteiger partial charge is 0.410 e. The number of hydrogen-bond acceptors (Lipinski definition) is 7. The molecule has 2 aliphatic heterocycles. The summed E-state index contributed by atoms with van der Waals surface area (Å²) >= 11 is 24.5. The van der Waals surface area contributed by atoms with Crippen LogP contribution in [0.2, 0.25) is 20.4 Å². The van der Waals surface area contributed by atoms with Crippen LogP contribution < -0.4 is 5.32 Å². The first kappa shape index (κ1) is 22.4. The monoisotopic (exact) mass is 507 g/mol. The molecule has 4 heterocycles. The highest BCUT2D eigenvalue weighted by Crippen LogP contribution is 2.47. The van der Waals surface area contributed by atoms with Gasteiger partial charge in [0.25, 0.3) is 0 Å². The molecule has 13 heteroatoms. The van der Waals surface area contributed by atoms with Crippen LogP contribution in [-0.2, 0) is 4.74 Å². The van der Waals surface area contributed by atoms with Gasteiger partial charge in [0.2, 0.25) is 5.15 Å². The molecule has 3 unspecified atom stereocenters. The zero-order valence-corrected chi connectivity index (χ0v) is 19.6. The van der Waals surface area contributed by atoms with Gasteiger partial charge >= 0.3 is 11.8 Å². The highest BCUT2D eigenvalue weighted by atomic mass is 35.5. The van der Waals surface area contributed by atoms with Crippen LogP contribution in [0.25, 0.3) is 11.0 Å². The van der Waals surface area contributed by atoms with E-state index in [2.05, 4.69) is 15.3 Å². The quantitative estimate of drug-likeness (QED) is 0.327. The van der Waals surface area contributed by atoms with Gasteiger partial charge in [0.05, 0.1) is 27.1 Å². The molecule has 3 atom stereocenters. The van der Waals surface area contributed by atoms with E-state index in [9.17, 15) is 14.9 Å². The Morgan fingerprint density at radius 1 is 1.16 bits per heavy atom. The van der Waals surface area contributed by atoms with Crippen molar-refractivity contribution in [3.63, 3.8) is 0 Å². The number of nitro groups is 1. The number of nitrogens with zero attached hydrogens (tertiary/aromatic N) is 4. The van der Waals surface area contributed by atoms with Crippen LogP contribution in [0.5, 0.6) is 0 Å². The van der Waals surface area contributed by atoms with Crippen molar-refractivity contribution in [2.24, 2.45) is 5.92 Å². The molecule has 166 valence electrons. The third-order valence-corrected chi connectivity index (χ3v) is 6.78. The van der Waals surface area contributed by atoms with Crippen molar-refractivity contribution in [1.29, 1.82) is 0 Å². The molecular weight excluding hydrogens is 492 g/mol. The van der Waals surface area contributed by atoms with Crippen molar-refractivity contribution in [2.75, 3.05) is 11.9 Å². The van der Waals surface area contributed by atoms with E-state index >= 15 is 0 Å². The van der Waals surface area contributed by atoms with Gasteiger partial charge in [-0.3, -0.25) is 10.1 Å². The Morgan fingerprint density at radius 2 is 1.81 bits per heavy atom. The summed E-state index contributed by atoms with van der Waals surface area (Å²) in [5.41, 5.74) is -0.884. The van der Waals surface area contributed by atoms with Crippen molar-refractivity contribution >= 4 is 74.9 Å². The van der Waals surface area contributed by atoms with E-state index in [4.69, 9.17) is 51.1 Å². The Hall–Kier alpha value is -1.81. The molecule has 1 saturated carbocycles. The summed E-state index contributed by atoms with van der Waals surface area (Å²) in [5.74, 6) is 0.0809. The zero-order chi connectivity index (χ0) is 22.8. The third kappa shape index (κ3) is 3.82. The van der Waals surface area contributed by atoms with Gasteiger partial charge in [-0.25, -0.2) is 14.8 Å². The molecule has 0 aromatic carbocycles. The lowest BCUT2D eigenvalue weighted by molar-refractivity contribution is -0.384. The summed E-state index contributed by atoms with van der Waals surface area (Å²) in [5, 5.41) is 14.4. The summed E-state index contributed by atoms with van der Waals surface area (Å²) in [6.07, 6.45) is 0.329. The first-order valence-corrected chi connectivity index (χ1v) is 10.8. The molecular formula is C18H17Cl4N5O4. The molecule has 2 saturated heterocycles. The average Bonchev–Trinajstić information content (AvgIpc) is 3.23. The molecule has 0 spiro atoms. The fourth-order valence-corrected chi connectivity index (χ4v) is 4.80. The summed E-state index contributed by atoms with van der Waals surface area (Å²) in [6, 6.07) is -0.456. The second-order valence-corrected chi connectivity index (χ2v) is 9.95. The minimum atomic E-state index is -0.651. The van der Waals surface area contributed by atoms with E-state index in [-0.39, 0.29) is 55.1 Å². The number of carbonyl (C=O) groups is 1. The molecule has 1 N–H and O–H groups in total. The maximum atomic E-state index is 12.5. The third-order valence-electron chi connectivity index (χ3n) is 5.31.